The zero-order valence-corrected chi connectivity index (χ0v) is 15.9. The van der Waals surface area contributed by atoms with Crippen LogP contribution in [0.5, 0.6) is 0 Å². The van der Waals surface area contributed by atoms with Crippen LogP contribution >= 0.6 is 11.3 Å². The molecule has 0 saturated carbocycles. The number of likely N-dealkylation sites (tertiary alicyclic amines) is 2. The van der Waals surface area contributed by atoms with E-state index < -0.39 is 0 Å². The quantitative estimate of drug-likeness (QED) is 0.844. The van der Waals surface area contributed by atoms with Gasteiger partial charge in [0.15, 0.2) is 0 Å². The normalized spacial score (nSPS) is 22.8. The molecule has 0 aromatic carbocycles. The summed E-state index contributed by atoms with van der Waals surface area (Å²) in [5.74, 6) is 0.0883. The van der Waals surface area contributed by atoms with Crippen molar-refractivity contribution < 1.29 is 9.59 Å². The average molecular weight is 364 g/mol. The van der Waals surface area contributed by atoms with Crippen LogP contribution < -0.4 is 5.32 Å². The number of carbonyl (C=O) groups excluding carboxylic acids is 2. The maximum absolute atomic E-state index is 12.7. The molecule has 2 atom stereocenters. The molecule has 2 saturated heterocycles. The minimum absolute atomic E-state index is 0.0153. The largest absolute Gasteiger partial charge is 0.351 e. The maximum atomic E-state index is 12.7. The fraction of sp³-hybridized carbons (Fsp3) is 0.684. The van der Waals surface area contributed by atoms with Gasteiger partial charge in [0, 0.05) is 24.0 Å². The summed E-state index contributed by atoms with van der Waals surface area (Å²) < 4.78 is 0. The Bertz CT molecular complexity index is 569. The lowest BCUT2D eigenvalue weighted by molar-refractivity contribution is -0.138. The summed E-state index contributed by atoms with van der Waals surface area (Å²) in [7, 11) is 0. The highest BCUT2D eigenvalue weighted by Gasteiger charge is 2.34. The number of amides is 2. The molecule has 2 aliphatic heterocycles. The topological polar surface area (TPSA) is 52.7 Å². The predicted octanol–water partition coefficient (Wildman–Crippen LogP) is 2.27. The number of piperidine rings is 1. The molecular formula is C19H29N3O2S. The summed E-state index contributed by atoms with van der Waals surface area (Å²) in [4.78, 5) is 30.5. The Morgan fingerprint density at radius 3 is 2.76 bits per heavy atom. The van der Waals surface area contributed by atoms with Crippen molar-refractivity contribution in [3.05, 3.63) is 22.4 Å². The number of thiophene rings is 1. The summed E-state index contributed by atoms with van der Waals surface area (Å²) in [6.07, 6.45) is 5.93. The average Bonchev–Trinajstić information content (AvgIpc) is 3.27. The van der Waals surface area contributed by atoms with Crippen LogP contribution in [0.3, 0.4) is 0 Å². The lowest BCUT2D eigenvalue weighted by Gasteiger charge is -2.30. The number of hydrogen-bond donors (Lipinski definition) is 1. The molecule has 2 amide bonds. The van der Waals surface area contributed by atoms with Crippen LogP contribution in [0.4, 0.5) is 0 Å². The van der Waals surface area contributed by atoms with Gasteiger partial charge in [0.1, 0.15) is 6.04 Å². The first-order chi connectivity index (χ1) is 12.1. The Balaban J connectivity index is 1.50. The number of hydrogen-bond acceptors (Lipinski definition) is 4. The van der Waals surface area contributed by atoms with Gasteiger partial charge in [-0.2, -0.15) is 0 Å². The van der Waals surface area contributed by atoms with E-state index in [-0.39, 0.29) is 23.9 Å². The zero-order chi connectivity index (χ0) is 17.6. The molecule has 6 heteroatoms. The molecule has 0 bridgehead atoms. The van der Waals surface area contributed by atoms with Crippen LogP contribution in [0, 0.1) is 0 Å². The third-order valence-corrected chi connectivity index (χ3v) is 6.03. The van der Waals surface area contributed by atoms with E-state index in [0.29, 0.717) is 13.0 Å². The molecule has 2 unspecified atom stereocenters. The minimum atomic E-state index is -0.295. The molecule has 1 aromatic rings. The first-order valence-corrected chi connectivity index (χ1v) is 10.4. The van der Waals surface area contributed by atoms with Crippen molar-refractivity contribution in [2.45, 2.75) is 57.5 Å². The van der Waals surface area contributed by atoms with Crippen molar-refractivity contribution in [3.63, 3.8) is 0 Å². The molecule has 3 heterocycles. The summed E-state index contributed by atoms with van der Waals surface area (Å²) in [5, 5.41) is 5.13. The second-order valence-electron chi connectivity index (χ2n) is 7.27. The van der Waals surface area contributed by atoms with Crippen molar-refractivity contribution in [3.8, 4) is 0 Å². The standard InChI is InChI=1S/C19H29N3O2S/c1-15(14-21-9-3-2-4-10-21)20-19(24)17-8-5-11-22(17)18(23)13-16-7-6-12-25-16/h6-7,12,15,17H,2-5,8-11,13-14H2,1H3,(H,20,24). The maximum Gasteiger partial charge on any atom is 0.243 e. The van der Waals surface area contributed by atoms with E-state index in [1.54, 1.807) is 16.2 Å². The third-order valence-electron chi connectivity index (χ3n) is 5.15. The van der Waals surface area contributed by atoms with Crippen LogP contribution in [-0.4, -0.2) is 59.9 Å². The molecule has 0 aliphatic carbocycles. The van der Waals surface area contributed by atoms with E-state index in [9.17, 15) is 9.59 Å². The highest BCUT2D eigenvalue weighted by molar-refractivity contribution is 7.10. The molecule has 2 fully saturated rings. The van der Waals surface area contributed by atoms with Gasteiger partial charge < -0.3 is 15.1 Å². The zero-order valence-electron chi connectivity index (χ0n) is 15.1. The first-order valence-electron chi connectivity index (χ1n) is 9.48. The van der Waals surface area contributed by atoms with Gasteiger partial charge in [-0.1, -0.05) is 12.5 Å². The Kier molecular flexibility index (Phi) is 6.48. The first kappa shape index (κ1) is 18.4. The van der Waals surface area contributed by atoms with Gasteiger partial charge in [-0.15, -0.1) is 11.3 Å². The van der Waals surface area contributed by atoms with Crippen molar-refractivity contribution in [1.82, 2.24) is 15.1 Å². The summed E-state index contributed by atoms with van der Waals surface area (Å²) in [6.45, 7) is 5.94. The molecule has 3 rings (SSSR count). The van der Waals surface area contributed by atoms with Crippen LogP contribution in [0.1, 0.15) is 43.9 Å². The molecule has 138 valence electrons. The van der Waals surface area contributed by atoms with Crippen LogP contribution in [0.2, 0.25) is 0 Å². The van der Waals surface area contributed by atoms with Gasteiger partial charge in [-0.25, -0.2) is 0 Å². The molecular weight excluding hydrogens is 334 g/mol. The van der Waals surface area contributed by atoms with Crippen molar-refractivity contribution in [2.24, 2.45) is 0 Å². The summed E-state index contributed by atoms with van der Waals surface area (Å²) in [6, 6.07) is 3.77. The van der Waals surface area contributed by atoms with E-state index in [2.05, 4.69) is 17.1 Å². The smallest absolute Gasteiger partial charge is 0.243 e. The Labute approximate surface area is 154 Å². The van der Waals surface area contributed by atoms with Gasteiger partial charge in [0.2, 0.25) is 11.8 Å². The van der Waals surface area contributed by atoms with Crippen molar-refractivity contribution in [2.75, 3.05) is 26.2 Å². The number of nitrogens with zero attached hydrogens (tertiary/aromatic N) is 2. The van der Waals surface area contributed by atoms with Gasteiger partial charge in [0.05, 0.1) is 6.42 Å². The van der Waals surface area contributed by atoms with Gasteiger partial charge in [0.25, 0.3) is 0 Å². The molecule has 5 nitrogen and oxygen atoms in total. The Morgan fingerprint density at radius 1 is 1.24 bits per heavy atom. The number of carbonyl (C=O) groups is 2. The van der Waals surface area contributed by atoms with E-state index in [1.165, 1.54) is 19.3 Å². The fourth-order valence-electron chi connectivity index (χ4n) is 3.92. The van der Waals surface area contributed by atoms with Gasteiger partial charge in [-0.05, 0) is 57.1 Å². The summed E-state index contributed by atoms with van der Waals surface area (Å²) >= 11 is 1.60. The van der Waals surface area contributed by atoms with E-state index in [0.717, 1.165) is 37.4 Å². The van der Waals surface area contributed by atoms with Crippen LogP contribution in [-0.2, 0) is 16.0 Å². The highest BCUT2D eigenvalue weighted by Crippen LogP contribution is 2.20. The molecule has 0 radical (unpaired) electrons. The second kappa shape index (κ2) is 8.81. The Morgan fingerprint density at radius 2 is 2.04 bits per heavy atom. The summed E-state index contributed by atoms with van der Waals surface area (Å²) in [5.41, 5.74) is 0. The van der Waals surface area contributed by atoms with E-state index >= 15 is 0 Å². The third kappa shape index (κ3) is 5.05. The van der Waals surface area contributed by atoms with Crippen molar-refractivity contribution in [1.29, 1.82) is 0 Å². The minimum Gasteiger partial charge on any atom is -0.351 e. The molecule has 2 aliphatic rings. The lowest BCUT2D eigenvalue weighted by atomic mass is 10.1. The second-order valence-corrected chi connectivity index (χ2v) is 8.30. The molecule has 25 heavy (non-hydrogen) atoms. The van der Waals surface area contributed by atoms with Crippen LogP contribution in [0.15, 0.2) is 17.5 Å². The lowest BCUT2D eigenvalue weighted by Crippen LogP contribution is -2.51. The van der Waals surface area contributed by atoms with E-state index in [4.69, 9.17) is 0 Å². The molecule has 1 aromatic heterocycles. The highest BCUT2D eigenvalue weighted by atomic mass is 32.1. The van der Waals surface area contributed by atoms with Crippen molar-refractivity contribution >= 4 is 23.2 Å². The number of rotatable bonds is 6. The molecule has 1 N–H and O–H groups in total. The van der Waals surface area contributed by atoms with E-state index in [1.807, 2.05) is 17.5 Å². The monoisotopic (exact) mass is 363 g/mol. The van der Waals surface area contributed by atoms with Crippen LogP contribution in [0.25, 0.3) is 0 Å². The SMILES string of the molecule is CC(CN1CCCCC1)NC(=O)C1CCCN1C(=O)Cc1cccs1. The molecule has 0 spiro atoms. The van der Waals surface area contributed by atoms with Gasteiger partial charge in [-0.3, -0.25) is 9.59 Å². The predicted molar refractivity (Wildman–Crippen MR) is 101 cm³/mol. The Hall–Kier alpha value is -1.40. The van der Waals surface area contributed by atoms with Gasteiger partial charge >= 0.3 is 0 Å². The number of nitrogens with one attached hydrogen (secondary N) is 1. The fourth-order valence-corrected chi connectivity index (χ4v) is 4.61.